The molecule has 17 heavy (non-hydrogen) atoms. The Kier molecular flexibility index (Phi) is 2.93. The van der Waals surface area contributed by atoms with Crippen LogP contribution in [0.25, 0.3) is 0 Å². The molecule has 2 amide bonds. The summed E-state index contributed by atoms with van der Waals surface area (Å²) in [4.78, 5) is 16.1. The van der Waals surface area contributed by atoms with Crippen LogP contribution in [-0.4, -0.2) is 23.8 Å². The fourth-order valence-electron chi connectivity index (χ4n) is 1.30. The van der Waals surface area contributed by atoms with Gasteiger partial charge in [0.15, 0.2) is 0 Å². The second kappa shape index (κ2) is 4.25. The second-order valence-corrected chi connectivity index (χ2v) is 3.47. The summed E-state index contributed by atoms with van der Waals surface area (Å²) in [6.45, 7) is -1.37. The van der Waals surface area contributed by atoms with Gasteiger partial charge < -0.3 is 5.32 Å². The number of nitrogens with one attached hydrogen (secondary N) is 1. The fraction of sp³-hybridized carbons (Fsp3) is 0.300. The first-order valence-electron chi connectivity index (χ1n) is 4.83. The molecule has 0 aliphatic carbocycles. The van der Waals surface area contributed by atoms with Crippen molar-refractivity contribution in [3.8, 4) is 0 Å². The zero-order chi connectivity index (χ0) is 12.5. The first-order valence-corrected chi connectivity index (χ1v) is 4.83. The third kappa shape index (κ3) is 3.10. The first-order chi connectivity index (χ1) is 7.97. The summed E-state index contributed by atoms with van der Waals surface area (Å²) in [6, 6.07) is 7.85. The number of hydrogen-bond acceptors (Lipinski definition) is 2. The third-order valence-corrected chi connectivity index (χ3v) is 2.11. The highest BCUT2D eigenvalue weighted by Gasteiger charge is 2.43. The number of hydroxylamine groups is 2. The number of carbonyl (C=O) groups excluding carboxylic acids is 1. The molecule has 1 aliphatic rings. The highest BCUT2D eigenvalue weighted by Crippen LogP contribution is 2.36. The molecule has 1 N–H and O–H groups in total. The number of amides is 2. The minimum atomic E-state index is -4.42. The molecule has 1 saturated heterocycles. The molecule has 1 atom stereocenters. The lowest BCUT2D eigenvalue weighted by Gasteiger charge is -2.07. The van der Waals surface area contributed by atoms with Crippen molar-refractivity contribution in [2.75, 3.05) is 6.54 Å². The van der Waals surface area contributed by atoms with Gasteiger partial charge in [-0.3, -0.25) is 0 Å². The number of halogens is 3. The summed E-state index contributed by atoms with van der Waals surface area (Å²) in [6.07, 6.45) is -5.02. The first kappa shape index (κ1) is 11.7. The fourth-order valence-corrected chi connectivity index (χ4v) is 1.30. The second-order valence-electron chi connectivity index (χ2n) is 3.47. The molecule has 1 aliphatic heterocycles. The molecular weight excluding hydrogens is 237 g/mol. The van der Waals surface area contributed by atoms with Crippen molar-refractivity contribution in [1.82, 2.24) is 10.4 Å². The summed E-state index contributed by atoms with van der Waals surface area (Å²) in [5.74, 6) is 0. The Bertz CT molecular complexity index is 408. The van der Waals surface area contributed by atoms with E-state index < -0.39 is 25.0 Å². The molecule has 1 unspecified atom stereocenters. The molecule has 0 saturated carbocycles. The summed E-state index contributed by atoms with van der Waals surface area (Å²) >= 11 is 0. The van der Waals surface area contributed by atoms with Gasteiger partial charge in [-0.15, -0.1) is 0 Å². The normalized spacial score (nSPS) is 19.0. The minimum absolute atomic E-state index is 0.593. The van der Waals surface area contributed by atoms with Gasteiger partial charge in [0, 0.05) is 5.56 Å². The van der Waals surface area contributed by atoms with Crippen LogP contribution >= 0.6 is 0 Å². The van der Waals surface area contributed by atoms with Gasteiger partial charge in [0.25, 0.3) is 0 Å². The van der Waals surface area contributed by atoms with Crippen LogP contribution in [-0.2, 0) is 4.84 Å². The number of hydrogen-bond donors (Lipinski definition) is 1. The van der Waals surface area contributed by atoms with E-state index in [4.69, 9.17) is 4.84 Å². The van der Waals surface area contributed by atoms with Crippen molar-refractivity contribution in [3.05, 3.63) is 35.9 Å². The highest BCUT2D eigenvalue weighted by molar-refractivity contribution is 5.75. The molecule has 2 rings (SSSR count). The quantitative estimate of drug-likeness (QED) is 0.813. The van der Waals surface area contributed by atoms with Crippen LogP contribution in [0.3, 0.4) is 0 Å². The van der Waals surface area contributed by atoms with Crippen LogP contribution in [0.1, 0.15) is 11.8 Å². The van der Waals surface area contributed by atoms with Crippen molar-refractivity contribution in [3.63, 3.8) is 0 Å². The zero-order valence-electron chi connectivity index (χ0n) is 8.57. The van der Waals surface area contributed by atoms with E-state index in [0.29, 0.717) is 0 Å². The van der Waals surface area contributed by atoms with Gasteiger partial charge in [-0.05, 0) is 0 Å². The number of carbonyl (C=O) groups is 1. The van der Waals surface area contributed by atoms with E-state index in [1.165, 1.54) is 0 Å². The van der Waals surface area contributed by atoms with Crippen molar-refractivity contribution < 1.29 is 22.8 Å². The molecule has 0 bridgehead atoms. The number of urea groups is 1. The Labute approximate surface area is 94.9 Å². The van der Waals surface area contributed by atoms with Crippen LogP contribution in [0, 0.1) is 0 Å². The van der Waals surface area contributed by atoms with Crippen molar-refractivity contribution in [2.45, 2.75) is 12.4 Å². The van der Waals surface area contributed by atoms with E-state index in [1.54, 1.807) is 35.6 Å². The van der Waals surface area contributed by atoms with Crippen LogP contribution in [0.15, 0.2) is 30.3 Å². The summed E-state index contributed by atoms with van der Waals surface area (Å²) in [5.41, 5.74) is 0.717. The molecule has 1 fully saturated rings. The van der Waals surface area contributed by atoms with E-state index in [-0.39, 0.29) is 0 Å². The lowest BCUT2D eigenvalue weighted by molar-refractivity contribution is -0.123. The Balaban J connectivity index is 1.85. The van der Waals surface area contributed by atoms with E-state index in [1.807, 2.05) is 0 Å². The molecule has 1 heterocycles. The Morgan fingerprint density at radius 3 is 2.59 bits per heavy atom. The number of nitrogens with zero attached hydrogens (tertiary/aromatic N) is 1. The van der Waals surface area contributed by atoms with Crippen LogP contribution < -0.4 is 5.32 Å². The maximum Gasteiger partial charge on any atom is 0.405 e. The lowest BCUT2D eigenvalue weighted by Crippen LogP contribution is -2.36. The predicted molar refractivity (Wildman–Crippen MR) is 51.6 cm³/mol. The van der Waals surface area contributed by atoms with Gasteiger partial charge in [-0.1, -0.05) is 30.3 Å². The van der Waals surface area contributed by atoms with Gasteiger partial charge in [-0.25, -0.2) is 9.63 Å². The van der Waals surface area contributed by atoms with E-state index in [9.17, 15) is 18.0 Å². The molecule has 0 spiro atoms. The molecule has 4 nitrogen and oxygen atoms in total. The van der Waals surface area contributed by atoms with Gasteiger partial charge >= 0.3 is 12.2 Å². The molecule has 1 aromatic rings. The molecule has 92 valence electrons. The van der Waals surface area contributed by atoms with Crippen molar-refractivity contribution in [1.29, 1.82) is 0 Å². The van der Waals surface area contributed by atoms with Gasteiger partial charge in [0.1, 0.15) is 6.54 Å². The molecule has 0 aromatic heterocycles. The van der Waals surface area contributed by atoms with E-state index in [2.05, 4.69) is 0 Å². The maximum absolute atomic E-state index is 11.8. The summed E-state index contributed by atoms with van der Waals surface area (Å²) in [7, 11) is 0. The average molecular weight is 246 g/mol. The maximum atomic E-state index is 11.8. The van der Waals surface area contributed by atoms with E-state index >= 15 is 0 Å². The van der Waals surface area contributed by atoms with Gasteiger partial charge in [-0.2, -0.15) is 18.2 Å². The minimum Gasteiger partial charge on any atom is -0.327 e. The monoisotopic (exact) mass is 246 g/mol. The zero-order valence-corrected chi connectivity index (χ0v) is 8.57. The van der Waals surface area contributed by atoms with Crippen molar-refractivity contribution in [2.24, 2.45) is 0 Å². The molecular formula is C10H9F3N2O2. The summed E-state index contributed by atoms with van der Waals surface area (Å²) in [5, 5.41) is 2.58. The van der Waals surface area contributed by atoms with Crippen LogP contribution in [0.5, 0.6) is 0 Å². The van der Waals surface area contributed by atoms with Gasteiger partial charge in [0.2, 0.25) is 6.23 Å². The Morgan fingerprint density at radius 2 is 2.00 bits per heavy atom. The topological polar surface area (TPSA) is 44.6 Å². The standard InChI is InChI=1S/C10H9F3N2O2/c11-10(12,13)6-14-9(16)15-8(17-15)7-4-2-1-3-5-7/h1-5,8H,6H2,(H,14,16). The Hall–Kier alpha value is -1.76. The van der Waals surface area contributed by atoms with Crippen LogP contribution in [0.4, 0.5) is 18.0 Å². The molecule has 7 heteroatoms. The number of alkyl halides is 3. The smallest absolute Gasteiger partial charge is 0.327 e. The number of rotatable bonds is 2. The van der Waals surface area contributed by atoms with E-state index in [0.717, 1.165) is 10.6 Å². The SMILES string of the molecule is O=C(NCC(F)(F)F)N1OC1c1ccccc1. The van der Waals surface area contributed by atoms with Crippen LogP contribution in [0.2, 0.25) is 0 Å². The predicted octanol–water partition coefficient (Wildman–Crippen LogP) is 2.20. The summed E-state index contributed by atoms with van der Waals surface area (Å²) < 4.78 is 35.5. The Morgan fingerprint density at radius 1 is 1.35 bits per heavy atom. The molecule has 1 aromatic carbocycles. The average Bonchev–Trinajstić information content (AvgIpc) is 3.06. The molecule has 0 radical (unpaired) electrons. The lowest BCUT2D eigenvalue weighted by atomic mass is 10.2. The number of benzene rings is 1. The third-order valence-electron chi connectivity index (χ3n) is 2.11. The highest BCUT2D eigenvalue weighted by atomic mass is 19.4. The van der Waals surface area contributed by atoms with Crippen molar-refractivity contribution >= 4 is 6.03 Å². The van der Waals surface area contributed by atoms with Gasteiger partial charge in [0.05, 0.1) is 0 Å². The largest absolute Gasteiger partial charge is 0.405 e.